The van der Waals surface area contributed by atoms with E-state index in [4.69, 9.17) is 4.42 Å². The number of aromatic nitrogens is 1. The Morgan fingerprint density at radius 3 is 2.55 bits per heavy atom. The number of oxazole rings is 1. The van der Waals surface area contributed by atoms with Crippen molar-refractivity contribution in [3.8, 4) is 11.3 Å². The van der Waals surface area contributed by atoms with Gasteiger partial charge in [-0.3, -0.25) is 0 Å². The maximum absolute atomic E-state index is 5.79. The molecule has 4 heteroatoms. The van der Waals surface area contributed by atoms with Gasteiger partial charge in [-0.25, -0.2) is 4.98 Å². The third-order valence-corrected chi connectivity index (χ3v) is 3.43. The van der Waals surface area contributed by atoms with E-state index in [9.17, 15) is 0 Å². The highest BCUT2D eigenvalue weighted by atomic mass is 79.9. The molecule has 1 aromatic carbocycles. The smallest absolute Gasteiger partial charge is 0.194 e. The first-order valence-corrected chi connectivity index (χ1v) is 7.69. The van der Waals surface area contributed by atoms with Gasteiger partial charge in [0.2, 0.25) is 0 Å². The van der Waals surface area contributed by atoms with Gasteiger partial charge in [0.1, 0.15) is 0 Å². The molecule has 0 atom stereocenters. The maximum Gasteiger partial charge on any atom is 0.194 e. The van der Waals surface area contributed by atoms with Gasteiger partial charge >= 0.3 is 0 Å². The number of hydrogen-bond acceptors (Lipinski definition) is 3. The molecule has 1 aromatic heterocycles. The van der Waals surface area contributed by atoms with Gasteiger partial charge < -0.3 is 9.73 Å². The molecule has 0 amide bonds. The third kappa shape index (κ3) is 4.76. The minimum Gasteiger partial charge on any atom is -0.441 e. The van der Waals surface area contributed by atoms with Crippen molar-refractivity contribution < 1.29 is 4.42 Å². The molecule has 0 aliphatic carbocycles. The van der Waals surface area contributed by atoms with Crippen LogP contribution < -0.4 is 5.32 Å². The van der Waals surface area contributed by atoms with Crippen molar-refractivity contribution in [3.05, 3.63) is 40.8 Å². The molecule has 1 N–H and O–H groups in total. The Bertz CT molecular complexity index is 540. The van der Waals surface area contributed by atoms with Crippen LogP contribution in [0, 0.1) is 0 Å². The molecule has 0 unspecified atom stereocenters. The highest BCUT2D eigenvalue weighted by Gasteiger charge is 2.09. The Hall–Kier alpha value is -1.13. The van der Waals surface area contributed by atoms with Gasteiger partial charge in [0.05, 0.1) is 6.20 Å². The standard InChI is InChI=1S/C16H21BrN2O/c1-16(2,3)19-10-4-5-15-18-11-14(20-15)12-6-8-13(17)9-7-12/h6-9,11,19H,4-5,10H2,1-3H3. The van der Waals surface area contributed by atoms with Gasteiger partial charge in [0.25, 0.3) is 0 Å². The topological polar surface area (TPSA) is 38.1 Å². The molecule has 108 valence electrons. The van der Waals surface area contributed by atoms with Crippen LogP contribution in [0.2, 0.25) is 0 Å². The average molecular weight is 337 g/mol. The highest BCUT2D eigenvalue weighted by Crippen LogP contribution is 2.22. The Morgan fingerprint density at radius 2 is 1.90 bits per heavy atom. The minimum absolute atomic E-state index is 0.166. The summed E-state index contributed by atoms with van der Waals surface area (Å²) in [5.74, 6) is 1.63. The number of aryl methyl sites for hydroxylation is 1. The largest absolute Gasteiger partial charge is 0.441 e. The molecule has 0 bridgehead atoms. The Labute approximate surface area is 128 Å². The number of hydrogen-bond donors (Lipinski definition) is 1. The van der Waals surface area contributed by atoms with Gasteiger partial charge in [0.15, 0.2) is 11.7 Å². The second kappa shape index (κ2) is 6.55. The van der Waals surface area contributed by atoms with E-state index in [-0.39, 0.29) is 5.54 Å². The molecule has 0 spiro atoms. The second-order valence-electron chi connectivity index (χ2n) is 5.91. The van der Waals surface area contributed by atoms with Crippen molar-refractivity contribution in [2.24, 2.45) is 0 Å². The van der Waals surface area contributed by atoms with Gasteiger partial charge in [0, 0.05) is 22.0 Å². The number of nitrogens with zero attached hydrogens (tertiary/aromatic N) is 1. The average Bonchev–Trinajstić information content (AvgIpc) is 2.83. The SMILES string of the molecule is CC(C)(C)NCCCc1ncc(-c2ccc(Br)cc2)o1. The Balaban J connectivity index is 1.88. The predicted octanol–water partition coefficient (Wildman–Crippen LogP) is 4.42. The van der Waals surface area contributed by atoms with E-state index in [1.165, 1.54) is 0 Å². The number of nitrogens with one attached hydrogen (secondary N) is 1. The van der Waals surface area contributed by atoms with Crippen LogP contribution >= 0.6 is 15.9 Å². The van der Waals surface area contributed by atoms with Crippen molar-refractivity contribution >= 4 is 15.9 Å². The van der Waals surface area contributed by atoms with E-state index in [1.807, 2.05) is 24.3 Å². The summed E-state index contributed by atoms with van der Waals surface area (Å²) in [7, 11) is 0. The van der Waals surface area contributed by atoms with Crippen LogP contribution in [0.5, 0.6) is 0 Å². The molecule has 0 aliphatic heterocycles. The van der Waals surface area contributed by atoms with Gasteiger partial charge in [-0.05, 0) is 45.9 Å². The highest BCUT2D eigenvalue weighted by molar-refractivity contribution is 9.10. The lowest BCUT2D eigenvalue weighted by atomic mass is 10.1. The van der Waals surface area contributed by atoms with Crippen LogP contribution in [0.3, 0.4) is 0 Å². The van der Waals surface area contributed by atoms with Gasteiger partial charge in [-0.15, -0.1) is 0 Å². The van der Waals surface area contributed by atoms with E-state index < -0.39 is 0 Å². The van der Waals surface area contributed by atoms with Crippen LogP contribution in [0.1, 0.15) is 33.1 Å². The quantitative estimate of drug-likeness (QED) is 0.821. The fourth-order valence-electron chi connectivity index (χ4n) is 1.88. The summed E-state index contributed by atoms with van der Waals surface area (Å²) in [6.07, 6.45) is 3.69. The predicted molar refractivity (Wildman–Crippen MR) is 85.7 cm³/mol. The normalized spacial score (nSPS) is 11.8. The lowest BCUT2D eigenvalue weighted by Gasteiger charge is -2.19. The molecule has 0 radical (unpaired) electrons. The molecule has 0 fully saturated rings. The van der Waals surface area contributed by atoms with Crippen LogP contribution in [0.15, 0.2) is 39.4 Å². The second-order valence-corrected chi connectivity index (χ2v) is 6.82. The summed E-state index contributed by atoms with van der Waals surface area (Å²) in [5.41, 5.74) is 1.22. The van der Waals surface area contributed by atoms with E-state index in [2.05, 4.69) is 47.0 Å². The van der Waals surface area contributed by atoms with E-state index in [0.29, 0.717) is 0 Å². The molecule has 20 heavy (non-hydrogen) atoms. The zero-order valence-corrected chi connectivity index (χ0v) is 13.8. The van der Waals surface area contributed by atoms with E-state index in [1.54, 1.807) is 6.20 Å². The van der Waals surface area contributed by atoms with Crippen LogP contribution in [-0.4, -0.2) is 17.1 Å². The summed E-state index contributed by atoms with van der Waals surface area (Å²) in [6.45, 7) is 7.48. The van der Waals surface area contributed by atoms with Crippen LogP contribution in [0.25, 0.3) is 11.3 Å². The molecule has 0 aliphatic rings. The Kier molecular flexibility index (Phi) is 5.00. The van der Waals surface area contributed by atoms with Crippen molar-refractivity contribution in [1.82, 2.24) is 10.3 Å². The lowest BCUT2D eigenvalue weighted by molar-refractivity contribution is 0.412. The van der Waals surface area contributed by atoms with Gasteiger partial charge in [-0.1, -0.05) is 28.1 Å². The van der Waals surface area contributed by atoms with Crippen molar-refractivity contribution in [3.63, 3.8) is 0 Å². The van der Waals surface area contributed by atoms with Gasteiger partial charge in [-0.2, -0.15) is 0 Å². The first-order valence-electron chi connectivity index (χ1n) is 6.90. The summed E-state index contributed by atoms with van der Waals surface area (Å²) in [5, 5.41) is 3.46. The fourth-order valence-corrected chi connectivity index (χ4v) is 2.14. The molecular formula is C16H21BrN2O. The fraction of sp³-hybridized carbons (Fsp3) is 0.438. The summed E-state index contributed by atoms with van der Waals surface area (Å²) in [6, 6.07) is 8.06. The molecule has 2 rings (SSSR count). The van der Waals surface area contributed by atoms with E-state index in [0.717, 1.165) is 41.1 Å². The van der Waals surface area contributed by atoms with Crippen molar-refractivity contribution in [2.75, 3.05) is 6.54 Å². The maximum atomic E-state index is 5.79. The molecule has 2 aromatic rings. The Morgan fingerprint density at radius 1 is 1.20 bits per heavy atom. The molecular weight excluding hydrogens is 316 g/mol. The zero-order valence-electron chi connectivity index (χ0n) is 12.2. The first kappa shape index (κ1) is 15.3. The minimum atomic E-state index is 0.166. The molecule has 3 nitrogen and oxygen atoms in total. The third-order valence-electron chi connectivity index (χ3n) is 2.91. The van der Waals surface area contributed by atoms with Crippen LogP contribution in [-0.2, 0) is 6.42 Å². The number of benzene rings is 1. The molecule has 1 heterocycles. The summed E-state index contributed by atoms with van der Waals surface area (Å²) < 4.78 is 6.85. The monoisotopic (exact) mass is 336 g/mol. The zero-order chi connectivity index (χ0) is 14.6. The van der Waals surface area contributed by atoms with Crippen molar-refractivity contribution in [2.45, 2.75) is 39.2 Å². The number of rotatable bonds is 5. The number of halogens is 1. The van der Waals surface area contributed by atoms with Crippen molar-refractivity contribution in [1.29, 1.82) is 0 Å². The molecule has 0 saturated heterocycles. The summed E-state index contributed by atoms with van der Waals surface area (Å²) in [4.78, 5) is 4.34. The molecule has 0 saturated carbocycles. The van der Waals surface area contributed by atoms with Crippen LogP contribution in [0.4, 0.5) is 0 Å². The summed E-state index contributed by atoms with van der Waals surface area (Å²) >= 11 is 3.43. The lowest BCUT2D eigenvalue weighted by Crippen LogP contribution is -2.36. The van der Waals surface area contributed by atoms with E-state index >= 15 is 0 Å². The first-order chi connectivity index (χ1) is 9.44.